The molecule has 8 nitrogen and oxygen atoms in total. The van der Waals surface area contributed by atoms with Crippen LogP contribution in [0, 0.1) is 0 Å². The molecule has 4 rings (SSSR count). The monoisotopic (exact) mass is 480 g/mol. The summed E-state index contributed by atoms with van der Waals surface area (Å²) in [7, 11) is 0. The van der Waals surface area contributed by atoms with Gasteiger partial charge in [-0.1, -0.05) is 24.3 Å². The maximum Gasteiger partial charge on any atom is 0.410 e. The van der Waals surface area contributed by atoms with Gasteiger partial charge in [-0.05, 0) is 70.1 Å². The van der Waals surface area contributed by atoms with E-state index in [1.165, 1.54) is 5.56 Å². The summed E-state index contributed by atoms with van der Waals surface area (Å²) < 4.78 is 5.50. The summed E-state index contributed by atoms with van der Waals surface area (Å²) in [5.41, 5.74) is 8.81. The van der Waals surface area contributed by atoms with Gasteiger partial charge in [0.15, 0.2) is 0 Å². The van der Waals surface area contributed by atoms with Crippen LogP contribution in [-0.4, -0.2) is 57.8 Å². The molecule has 0 spiro atoms. The Bertz CT molecular complexity index is 1060. The summed E-state index contributed by atoms with van der Waals surface area (Å²) in [6.45, 7) is 6.94. The van der Waals surface area contributed by atoms with Crippen molar-refractivity contribution in [2.45, 2.75) is 76.5 Å². The number of carbonyl (C=O) groups is 2. The lowest BCUT2D eigenvalue weighted by Gasteiger charge is -2.26. The first kappa shape index (κ1) is 25.0. The van der Waals surface area contributed by atoms with Crippen molar-refractivity contribution in [1.82, 2.24) is 15.2 Å². The van der Waals surface area contributed by atoms with Crippen molar-refractivity contribution in [3.63, 3.8) is 0 Å². The summed E-state index contributed by atoms with van der Waals surface area (Å²) in [6.07, 6.45) is 4.94. The number of pyridine rings is 1. The van der Waals surface area contributed by atoms with Crippen LogP contribution in [-0.2, 0) is 4.74 Å². The Kier molecular flexibility index (Phi) is 7.31. The molecule has 1 aromatic carbocycles. The predicted octanol–water partition coefficient (Wildman–Crippen LogP) is 4.09. The molecule has 2 aliphatic rings. The van der Waals surface area contributed by atoms with Gasteiger partial charge in [-0.15, -0.1) is 0 Å². The van der Waals surface area contributed by atoms with E-state index >= 15 is 0 Å². The largest absolute Gasteiger partial charge is 0.444 e. The van der Waals surface area contributed by atoms with E-state index in [9.17, 15) is 14.7 Å². The maximum atomic E-state index is 12.9. The number of benzene rings is 1. The molecule has 8 heteroatoms. The van der Waals surface area contributed by atoms with E-state index in [0.29, 0.717) is 31.5 Å². The Hall–Kier alpha value is -3.13. The second-order valence-electron chi connectivity index (χ2n) is 10.7. The first-order valence-electron chi connectivity index (χ1n) is 12.4. The number of nitrogen functional groups attached to an aromatic ring is 1. The number of aliphatic hydroxyl groups excluding tert-OH is 1. The number of likely N-dealkylation sites (tertiary alicyclic amines) is 1. The number of hydrogen-bond acceptors (Lipinski definition) is 6. The standard InChI is InChI=1S/C27H36N4O4/c1-27(2,3)35-26(34)31-13-12-19(16-31)17-4-6-18(7-5-17)20-14-23(24(28)29-15-20)25(33)30-21-8-10-22(32)11-9-21/h4-7,14-15,19,21-22,32H,8-13,16H2,1-3H3,(H2,28,29)(H,30,33)/t19?,21-,22-. The van der Waals surface area contributed by atoms with Crippen LogP contribution in [0.3, 0.4) is 0 Å². The number of ether oxygens (including phenoxy) is 1. The van der Waals surface area contributed by atoms with Gasteiger partial charge < -0.3 is 25.8 Å². The van der Waals surface area contributed by atoms with Crippen LogP contribution in [0.2, 0.25) is 0 Å². The van der Waals surface area contributed by atoms with Crippen LogP contribution in [0.1, 0.15) is 74.7 Å². The van der Waals surface area contributed by atoms with Crippen molar-refractivity contribution in [3.05, 3.63) is 47.7 Å². The Morgan fingerprint density at radius 2 is 1.77 bits per heavy atom. The zero-order valence-corrected chi connectivity index (χ0v) is 20.8. The topological polar surface area (TPSA) is 118 Å². The summed E-state index contributed by atoms with van der Waals surface area (Å²) in [5, 5.41) is 12.7. The average molecular weight is 481 g/mol. The van der Waals surface area contributed by atoms with Crippen LogP contribution < -0.4 is 11.1 Å². The van der Waals surface area contributed by atoms with Crippen molar-refractivity contribution >= 4 is 17.8 Å². The van der Waals surface area contributed by atoms with Crippen LogP contribution in [0.5, 0.6) is 0 Å². The second kappa shape index (κ2) is 10.2. The first-order valence-corrected chi connectivity index (χ1v) is 12.4. The number of nitrogens with two attached hydrogens (primary N) is 1. The van der Waals surface area contributed by atoms with Gasteiger partial charge in [0.1, 0.15) is 11.4 Å². The van der Waals surface area contributed by atoms with Gasteiger partial charge in [0.05, 0.1) is 11.7 Å². The number of amides is 2. The summed E-state index contributed by atoms with van der Waals surface area (Å²) in [5.74, 6) is 0.228. The van der Waals surface area contributed by atoms with Gasteiger partial charge in [-0.2, -0.15) is 0 Å². The average Bonchev–Trinajstić information content (AvgIpc) is 3.31. The molecule has 4 N–H and O–H groups in total. The van der Waals surface area contributed by atoms with Crippen LogP contribution in [0.4, 0.5) is 10.6 Å². The van der Waals surface area contributed by atoms with Gasteiger partial charge in [0.2, 0.25) is 0 Å². The van der Waals surface area contributed by atoms with E-state index in [4.69, 9.17) is 10.5 Å². The van der Waals surface area contributed by atoms with Gasteiger partial charge in [0, 0.05) is 36.8 Å². The molecule has 188 valence electrons. The molecule has 1 aliphatic heterocycles. The molecular formula is C27H36N4O4. The minimum Gasteiger partial charge on any atom is -0.444 e. The molecule has 2 aromatic rings. The van der Waals surface area contributed by atoms with Crippen molar-refractivity contribution in [2.75, 3.05) is 18.8 Å². The van der Waals surface area contributed by atoms with E-state index in [2.05, 4.69) is 22.4 Å². The summed E-state index contributed by atoms with van der Waals surface area (Å²) in [6, 6.07) is 10.00. The smallest absolute Gasteiger partial charge is 0.410 e. The molecule has 2 amide bonds. The molecule has 2 fully saturated rings. The van der Waals surface area contributed by atoms with Gasteiger partial charge in [0.25, 0.3) is 5.91 Å². The zero-order valence-electron chi connectivity index (χ0n) is 20.8. The third-order valence-electron chi connectivity index (χ3n) is 6.75. The molecule has 1 unspecified atom stereocenters. The van der Waals surface area contributed by atoms with E-state index in [-0.39, 0.29) is 35.9 Å². The first-order chi connectivity index (χ1) is 16.6. The number of hydrogen-bond donors (Lipinski definition) is 3. The SMILES string of the molecule is CC(C)(C)OC(=O)N1CCC(c2ccc(-c3cnc(N)c(C(=O)N[C@H]4CC[C@H](O)CC4)c3)cc2)C1. The number of carbonyl (C=O) groups excluding carboxylic acids is 2. The Morgan fingerprint density at radius 1 is 1.09 bits per heavy atom. The second-order valence-corrected chi connectivity index (χ2v) is 10.7. The van der Waals surface area contributed by atoms with Gasteiger partial charge >= 0.3 is 6.09 Å². The lowest BCUT2D eigenvalue weighted by atomic mass is 9.93. The lowest BCUT2D eigenvalue weighted by molar-refractivity contribution is 0.0292. The Labute approximate surface area is 206 Å². The molecule has 0 bridgehead atoms. The predicted molar refractivity (Wildman–Crippen MR) is 135 cm³/mol. The molecule has 2 heterocycles. The number of nitrogens with zero attached hydrogens (tertiary/aromatic N) is 2. The van der Waals surface area contributed by atoms with Crippen molar-refractivity contribution in [3.8, 4) is 11.1 Å². The Balaban J connectivity index is 1.41. The fourth-order valence-electron chi connectivity index (χ4n) is 4.77. The van der Waals surface area contributed by atoms with Crippen molar-refractivity contribution in [2.24, 2.45) is 0 Å². The van der Waals surface area contributed by atoms with Gasteiger partial charge in [-0.3, -0.25) is 4.79 Å². The molecule has 0 radical (unpaired) electrons. The van der Waals surface area contributed by atoms with E-state index in [1.54, 1.807) is 17.2 Å². The third kappa shape index (κ3) is 6.31. The summed E-state index contributed by atoms with van der Waals surface area (Å²) >= 11 is 0. The summed E-state index contributed by atoms with van der Waals surface area (Å²) in [4.78, 5) is 31.3. The highest BCUT2D eigenvalue weighted by atomic mass is 16.6. The highest BCUT2D eigenvalue weighted by molar-refractivity contribution is 5.99. The van der Waals surface area contributed by atoms with Crippen LogP contribution in [0.25, 0.3) is 11.1 Å². The van der Waals surface area contributed by atoms with Crippen LogP contribution in [0.15, 0.2) is 36.5 Å². The zero-order chi connectivity index (χ0) is 25.2. The third-order valence-corrected chi connectivity index (χ3v) is 6.75. The normalized spacial score (nSPS) is 22.6. The van der Waals surface area contributed by atoms with Gasteiger partial charge in [-0.25, -0.2) is 9.78 Å². The van der Waals surface area contributed by atoms with E-state index < -0.39 is 5.60 Å². The molecule has 1 saturated heterocycles. The number of anilines is 1. The molecule has 1 aliphatic carbocycles. The fourth-order valence-corrected chi connectivity index (χ4v) is 4.77. The van der Waals surface area contributed by atoms with E-state index in [0.717, 1.165) is 30.4 Å². The van der Waals surface area contributed by atoms with Crippen molar-refractivity contribution < 1.29 is 19.4 Å². The number of aliphatic hydroxyl groups is 1. The molecule has 35 heavy (non-hydrogen) atoms. The number of rotatable bonds is 4. The van der Waals surface area contributed by atoms with Crippen molar-refractivity contribution in [1.29, 1.82) is 0 Å². The molecule has 1 aromatic heterocycles. The Morgan fingerprint density at radius 3 is 2.43 bits per heavy atom. The maximum absolute atomic E-state index is 12.9. The fraction of sp³-hybridized carbons (Fsp3) is 0.519. The minimum atomic E-state index is -0.501. The quantitative estimate of drug-likeness (QED) is 0.607. The van der Waals surface area contributed by atoms with Crippen LogP contribution >= 0.6 is 0 Å². The molecular weight excluding hydrogens is 444 g/mol. The number of aromatic nitrogens is 1. The number of nitrogens with one attached hydrogen (secondary N) is 1. The molecule has 1 atom stereocenters. The molecule has 1 saturated carbocycles. The highest BCUT2D eigenvalue weighted by Gasteiger charge is 2.30. The highest BCUT2D eigenvalue weighted by Crippen LogP contribution is 2.31. The lowest BCUT2D eigenvalue weighted by Crippen LogP contribution is -2.38. The minimum absolute atomic E-state index is 0.0416. The van der Waals surface area contributed by atoms with E-state index in [1.807, 2.05) is 32.9 Å².